The molecule has 2 heterocycles. The van der Waals surface area contributed by atoms with E-state index in [1.54, 1.807) is 24.3 Å². The third-order valence-electron chi connectivity index (χ3n) is 4.78. The van der Waals surface area contributed by atoms with Crippen LogP contribution in [-0.2, 0) is 0 Å². The third kappa shape index (κ3) is 3.36. The Balaban J connectivity index is 1.80. The first-order valence-electron chi connectivity index (χ1n) is 9.30. The summed E-state index contributed by atoms with van der Waals surface area (Å²) in [5.74, 6) is 0.832. The van der Waals surface area contributed by atoms with Crippen molar-refractivity contribution in [1.29, 1.82) is 5.26 Å². The molecule has 146 valence electrons. The van der Waals surface area contributed by atoms with E-state index in [0.717, 1.165) is 34.6 Å². The number of rotatable bonds is 5. The van der Waals surface area contributed by atoms with Gasteiger partial charge in [0.05, 0.1) is 23.8 Å². The molecule has 0 aliphatic carbocycles. The summed E-state index contributed by atoms with van der Waals surface area (Å²) in [5.41, 5.74) is 9.44. The first-order chi connectivity index (χ1) is 14.1. The van der Waals surface area contributed by atoms with Crippen LogP contribution in [0.5, 0.6) is 17.4 Å². The topological polar surface area (TPSA) is 117 Å². The largest absolute Gasteiger partial charge is 0.508 e. The van der Waals surface area contributed by atoms with E-state index in [0.29, 0.717) is 18.1 Å². The van der Waals surface area contributed by atoms with Gasteiger partial charge in [0.15, 0.2) is 0 Å². The third-order valence-corrected chi connectivity index (χ3v) is 4.78. The molecule has 2 aromatic carbocycles. The van der Waals surface area contributed by atoms with Crippen molar-refractivity contribution in [3.63, 3.8) is 0 Å². The van der Waals surface area contributed by atoms with Crippen LogP contribution in [0.1, 0.15) is 30.4 Å². The predicted octanol–water partition coefficient (Wildman–Crippen LogP) is 3.79. The fourth-order valence-electron chi connectivity index (χ4n) is 3.40. The maximum absolute atomic E-state index is 9.73. The molecule has 0 amide bonds. The van der Waals surface area contributed by atoms with Gasteiger partial charge in [0.1, 0.15) is 23.1 Å². The number of allylic oxidation sites excluding steroid dienone is 1. The number of benzene rings is 2. The smallest absolute Gasteiger partial charge is 0.244 e. The number of aromatic hydroxyl groups is 1. The molecular weight excluding hydrogens is 368 g/mol. The molecule has 7 heteroatoms. The molecule has 0 saturated heterocycles. The fourth-order valence-corrected chi connectivity index (χ4v) is 3.40. The fraction of sp³-hybridized carbons (Fsp3) is 0.182. The highest BCUT2D eigenvalue weighted by atomic mass is 16.5. The molecule has 1 atom stereocenters. The predicted molar refractivity (Wildman–Crippen MR) is 107 cm³/mol. The first kappa shape index (κ1) is 18.4. The zero-order valence-electron chi connectivity index (χ0n) is 15.8. The van der Waals surface area contributed by atoms with E-state index in [-0.39, 0.29) is 11.6 Å². The number of nitrogens with zero attached hydrogens (tertiary/aromatic N) is 2. The molecular formula is C22H20N4O3. The second kappa shape index (κ2) is 7.60. The molecule has 0 radical (unpaired) electrons. The number of hydrogen-bond acceptors (Lipinski definition) is 6. The van der Waals surface area contributed by atoms with Crippen LogP contribution in [-0.4, -0.2) is 21.9 Å². The number of aromatic amines is 1. The van der Waals surface area contributed by atoms with Gasteiger partial charge >= 0.3 is 0 Å². The van der Waals surface area contributed by atoms with Crippen LogP contribution in [0.2, 0.25) is 0 Å². The highest BCUT2D eigenvalue weighted by Crippen LogP contribution is 2.45. The molecule has 0 unspecified atom stereocenters. The Kier molecular flexibility index (Phi) is 4.83. The maximum atomic E-state index is 9.73. The lowest BCUT2D eigenvalue weighted by atomic mass is 9.83. The first-order valence-corrected chi connectivity index (χ1v) is 9.30. The van der Waals surface area contributed by atoms with E-state index in [1.165, 1.54) is 0 Å². The normalized spacial score (nSPS) is 15.4. The Labute approximate surface area is 168 Å². The minimum atomic E-state index is -0.464. The second-order valence-corrected chi connectivity index (χ2v) is 6.71. The van der Waals surface area contributed by atoms with Crippen LogP contribution in [0.25, 0.3) is 11.3 Å². The van der Waals surface area contributed by atoms with Crippen molar-refractivity contribution in [2.75, 3.05) is 6.61 Å². The van der Waals surface area contributed by atoms with E-state index in [4.69, 9.17) is 15.2 Å². The quantitative estimate of drug-likeness (QED) is 0.612. The number of fused-ring (bicyclic) bond motifs is 1. The Bertz CT molecular complexity index is 1090. The highest BCUT2D eigenvalue weighted by molar-refractivity contribution is 5.71. The van der Waals surface area contributed by atoms with Crippen molar-refractivity contribution < 1.29 is 14.6 Å². The van der Waals surface area contributed by atoms with Gasteiger partial charge in [-0.2, -0.15) is 5.26 Å². The molecule has 1 aliphatic heterocycles. The highest BCUT2D eigenvalue weighted by Gasteiger charge is 2.35. The van der Waals surface area contributed by atoms with Gasteiger partial charge in [0.2, 0.25) is 11.8 Å². The van der Waals surface area contributed by atoms with E-state index >= 15 is 0 Å². The van der Waals surface area contributed by atoms with Crippen molar-refractivity contribution in [2.24, 2.45) is 5.73 Å². The van der Waals surface area contributed by atoms with Gasteiger partial charge in [-0.15, -0.1) is 5.10 Å². The van der Waals surface area contributed by atoms with Gasteiger partial charge in [-0.25, -0.2) is 0 Å². The zero-order valence-corrected chi connectivity index (χ0v) is 15.8. The van der Waals surface area contributed by atoms with Gasteiger partial charge in [0.25, 0.3) is 0 Å². The number of nitrogens with one attached hydrogen (secondary N) is 1. The van der Waals surface area contributed by atoms with Gasteiger partial charge in [-0.05, 0) is 48.4 Å². The molecule has 3 aromatic rings. The Hall–Kier alpha value is -3.92. The zero-order chi connectivity index (χ0) is 20.4. The number of phenols is 1. The lowest BCUT2D eigenvalue weighted by Crippen LogP contribution is -2.20. The van der Waals surface area contributed by atoms with Crippen molar-refractivity contribution in [3.05, 3.63) is 71.1 Å². The molecule has 0 fully saturated rings. The SMILES string of the molecule is CCCOc1ccc(-c2[nH]nc3c2[C@H](c2ccc(O)cc2)C(C#N)=C(N)O3)cc1. The maximum Gasteiger partial charge on any atom is 0.244 e. The number of hydrogen-bond donors (Lipinski definition) is 3. The molecule has 4 N–H and O–H groups in total. The minimum absolute atomic E-state index is 0.0273. The number of phenolic OH excluding ortho intramolecular Hbond substituents is 1. The van der Waals surface area contributed by atoms with Crippen LogP contribution >= 0.6 is 0 Å². The summed E-state index contributed by atoms with van der Waals surface area (Å²) in [4.78, 5) is 0. The van der Waals surface area contributed by atoms with E-state index in [1.807, 2.05) is 24.3 Å². The van der Waals surface area contributed by atoms with Gasteiger partial charge in [0, 0.05) is 5.56 Å². The van der Waals surface area contributed by atoms with Crippen molar-refractivity contribution in [2.45, 2.75) is 19.3 Å². The van der Waals surface area contributed by atoms with E-state index in [9.17, 15) is 10.4 Å². The molecule has 1 aromatic heterocycles. The summed E-state index contributed by atoms with van der Waals surface area (Å²) in [6.07, 6.45) is 0.937. The number of H-pyrrole nitrogens is 1. The van der Waals surface area contributed by atoms with Crippen LogP contribution in [0.15, 0.2) is 60.0 Å². The summed E-state index contributed by atoms with van der Waals surface area (Å²) in [5, 5.41) is 26.7. The molecule has 7 nitrogen and oxygen atoms in total. The lowest BCUT2D eigenvalue weighted by Gasteiger charge is -2.24. The number of nitrogens with two attached hydrogens (primary N) is 1. The van der Waals surface area contributed by atoms with Gasteiger partial charge in [-0.1, -0.05) is 19.1 Å². The minimum Gasteiger partial charge on any atom is -0.508 e. The molecule has 0 spiro atoms. The van der Waals surface area contributed by atoms with Crippen LogP contribution < -0.4 is 15.2 Å². The average Bonchev–Trinajstić information content (AvgIpc) is 3.15. The average molecular weight is 388 g/mol. The van der Waals surface area contributed by atoms with Crippen LogP contribution in [0.4, 0.5) is 0 Å². The number of nitriles is 1. The summed E-state index contributed by atoms with van der Waals surface area (Å²) in [7, 11) is 0. The summed E-state index contributed by atoms with van der Waals surface area (Å²) >= 11 is 0. The molecule has 4 rings (SSSR count). The van der Waals surface area contributed by atoms with Crippen LogP contribution in [0.3, 0.4) is 0 Å². The summed E-state index contributed by atoms with van der Waals surface area (Å²) < 4.78 is 11.3. The van der Waals surface area contributed by atoms with E-state index < -0.39 is 5.92 Å². The second-order valence-electron chi connectivity index (χ2n) is 6.71. The van der Waals surface area contributed by atoms with E-state index in [2.05, 4.69) is 23.2 Å². The summed E-state index contributed by atoms with van der Waals surface area (Å²) in [6, 6.07) is 16.5. The Morgan fingerprint density at radius 2 is 1.93 bits per heavy atom. The molecule has 29 heavy (non-hydrogen) atoms. The molecule has 0 bridgehead atoms. The van der Waals surface area contributed by atoms with Crippen molar-refractivity contribution in [1.82, 2.24) is 10.2 Å². The standard InChI is InChI=1S/C22H20N4O3/c1-2-11-28-16-9-5-14(6-10-16)20-19-18(13-3-7-15(27)8-4-13)17(12-23)21(24)29-22(19)26-25-20/h3-10,18,27H,2,11,24H2,1H3,(H,25,26)/t18-/m1/s1. The number of aromatic nitrogens is 2. The van der Waals surface area contributed by atoms with Crippen molar-refractivity contribution in [3.8, 4) is 34.7 Å². The van der Waals surface area contributed by atoms with Gasteiger partial charge < -0.3 is 20.3 Å². The lowest BCUT2D eigenvalue weighted by molar-refractivity contribution is 0.317. The van der Waals surface area contributed by atoms with Gasteiger partial charge in [-0.3, -0.25) is 5.10 Å². The monoisotopic (exact) mass is 388 g/mol. The van der Waals surface area contributed by atoms with Crippen molar-refractivity contribution >= 4 is 0 Å². The Morgan fingerprint density at radius 1 is 1.21 bits per heavy atom. The van der Waals surface area contributed by atoms with Crippen LogP contribution in [0, 0.1) is 11.3 Å². The molecule has 0 saturated carbocycles. The summed E-state index contributed by atoms with van der Waals surface area (Å²) in [6.45, 7) is 2.71. The Morgan fingerprint density at radius 3 is 2.59 bits per heavy atom. The number of ether oxygens (including phenoxy) is 2. The molecule has 1 aliphatic rings.